The topological polar surface area (TPSA) is 69.7 Å². The zero-order valence-corrected chi connectivity index (χ0v) is 21.4. The zero-order chi connectivity index (χ0) is 23.9. The highest BCUT2D eigenvalue weighted by atomic mass is 79.9. The number of benzene rings is 3. The predicted octanol–water partition coefficient (Wildman–Crippen LogP) is 6.68. The van der Waals surface area contributed by atoms with Gasteiger partial charge in [0.25, 0.3) is 0 Å². The van der Waals surface area contributed by atoms with E-state index in [0.717, 1.165) is 27.3 Å². The number of fused-ring (bicyclic) bond motifs is 1. The van der Waals surface area contributed by atoms with Crippen molar-refractivity contribution >= 4 is 49.1 Å². The molecule has 0 fully saturated rings. The van der Waals surface area contributed by atoms with Crippen LogP contribution in [0.1, 0.15) is 19.4 Å². The van der Waals surface area contributed by atoms with Crippen LogP contribution in [0, 0.1) is 0 Å². The molecule has 0 spiro atoms. The fraction of sp³-hybridized carbons (Fsp3) is 0.231. The molecule has 1 N–H and O–H groups in total. The van der Waals surface area contributed by atoms with Crippen LogP contribution in [0.5, 0.6) is 11.5 Å². The van der Waals surface area contributed by atoms with E-state index in [2.05, 4.69) is 51.6 Å². The molecular formula is C26H25BrN2O4S. The van der Waals surface area contributed by atoms with Gasteiger partial charge in [-0.3, -0.25) is 0 Å². The van der Waals surface area contributed by atoms with Crippen molar-refractivity contribution in [3.63, 3.8) is 0 Å². The fourth-order valence-electron chi connectivity index (χ4n) is 3.39. The summed E-state index contributed by atoms with van der Waals surface area (Å²) in [6.07, 6.45) is 0. The van der Waals surface area contributed by atoms with Gasteiger partial charge in [-0.15, -0.1) is 11.3 Å². The minimum atomic E-state index is -0.420. The highest BCUT2D eigenvalue weighted by molar-refractivity contribution is 9.10. The molecule has 34 heavy (non-hydrogen) atoms. The van der Waals surface area contributed by atoms with Crippen LogP contribution in [0.15, 0.2) is 65.1 Å². The SMILES string of the molecule is CCOC(=O)COc1c(Br)cc(CNc2ccc(-c3nc4ccccc4s3)cc2)cc1OCC. The number of nitrogens with zero attached hydrogens (tertiary/aromatic N) is 1. The molecule has 0 saturated carbocycles. The van der Waals surface area contributed by atoms with Gasteiger partial charge in [-0.05, 0) is 83.9 Å². The zero-order valence-electron chi connectivity index (χ0n) is 19.0. The Bertz CT molecular complexity index is 1240. The third-order valence-corrected chi connectivity index (χ3v) is 6.61. The standard InChI is InChI=1S/C26H25BrN2O4S/c1-3-31-22-14-17(13-20(27)25(22)33-16-24(30)32-4-2)15-28-19-11-9-18(10-12-19)26-29-21-7-5-6-8-23(21)34-26/h5-14,28H,3-4,15-16H2,1-2H3. The number of thiazole rings is 1. The van der Waals surface area contributed by atoms with Crippen LogP contribution in [-0.2, 0) is 16.1 Å². The Balaban J connectivity index is 1.43. The number of carbonyl (C=O) groups excluding carboxylic acids is 1. The van der Waals surface area contributed by atoms with Gasteiger partial charge in [-0.2, -0.15) is 0 Å². The van der Waals surface area contributed by atoms with E-state index in [1.807, 2.05) is 37.3 Å². The Labute approximate surface area is 211 Å². The summed E-state index contributed by atoms with van der Waals surface area (Å²) in [4.78, 5) is 16.4. The molecule has 4 rings (SSSR count). The Morgan fingerprint density at radius 2 is 1.82 bits per heavy atom. The lowest BCUT2D eigenvalue weighted by molar-refractivity contribution is -0.145. The van der Waals surface area contributed by atoms with Crippen LogP contribution in [-0.4, -0.2) is 30.8 Å². The predicted molar refractivity (Wildman–Crippen MR) is 140 cm³/mol. The number of ether oxygens (including phenoxy) is 3. The first-order valence-electron chi connectivity index (χ1n) is 11.0. The molecule has 0 amide bonds. The number of hydrogen-bond donors (Lipinski definition) is 1. The van der Waals surface area contributed by atoms with Gasteiger partial charge in [-0.1, -0.05) is 12.1 Å². The number of nitrogens with one attached hydrogen (secondary N) is 1. The van der Waals surface area contributed by atoms with E-state index in [0.29, 0.717) is 35.7 Å². The molecule has 0 radical (unpaired) electrons. The van der Waals surface area contributed by atoms with Gasteiger partial charge in [0, 0.05) is 17.8 Å². The van der Waals surface area contributed by atoms with Crippen LogP contribution in [0.25, 0.3) is 20.8 Å². The van der Waals surface area contributed by atoms with Gasteiger partial charge in [-0.25, -0.2) is 9.78 Å². The van der Waals surface area contributed by atoms with Crippen molar-refractivity contribution in [1.82, 2.24) is 4.98 Å². The summed E-state index contributed by atoms with van der Waals surface area (Å²) in [5, 5.41) is 4.45. The molecule has 176 valence electrons. The average molecular weight is 541 g/mol. The van der Waals surface area contributed by atoms with E-state index in [1.165, 1.54) is 4.70 Å². The van der Waals surface area contributed by atoms with Crippen LogP contribution in [0.2, 0.25) is 0 Å². The van der Waals surface area contributed by atoms with Crippen LogP contribution in [0.3, 0.4) is 0 Å². The molecule has 0 saturated heterocycles. The number of anilines is 1. The first kappa shape index (κ1) is 24.0. The summed E-state index contributed by atoms with van der Waals surface area (Å²) < 4.78 is 18.2. The maximum absolute atomic E-state index is 11.7. The summed E-state index contributed by atoms with van der Waals surface area (Å²) in [5.74, 6) is 0.639. The first-order valence-corrected chi connectivity index (χ1v) is 12.6. The van der Waals surface area contributed by atoms with Gasteiger partial charge in [0.1, 0.15) is 5.01 Å². The van der Waals surface area contributed by atoms with E-state index < -0.39 is 5.97 Å². The Morgan fingerprint density at radius 1 is 1.03 bits per heavy atom. The summed E-state index contributed by atoms with van der Waals surface area (Å²) in [6, 6.07) is 20.3. The number of halogens is 1. The van der Waals surface area contributed by atoms with Gasteiger partial charge in [0.15, 0.2) is 18.1 Å². The summed E-state index contributed by atoms with van der Waals surface area (Å²) in [5.41, 5.74) is 4.13. The van der Waals surface area contributed by atoms with Gasteiger partial charge >= 0.3 is 5.97 Å². The van der Waals surface area contributed by atoms with E-state index in [4.69, 9.17) is 19.2 Å². The van der Waals surface area contributed by atoms with Crippen LogP contribution >= 0.6 is 27.3 Å². The van der Waals surface area contributed by atoms with Crippen molar-refractivity contribution in [1.29, 1.82) is 0 Å². The van der Waals surface area contributed by atoms with E-state index >= 15 is 0 Å². The number of hydrogen-bond acceptors (Lipinski definition) is 7. The van der Waals surface area contributed by atoms with E-state index in [1.54, 1.807) is 18.3 Å². The van der Waals surface area contributed by atoms with E-state index in [9.17, 15) is 4.79 Å². The molecule has 0 aliphatic carbocycles. The maximum Gasteiger partial charge on any atom is 0.344 e. The summed E-state index contributed by atoms with van der Waals surface area (Å²) in [6.45, 7) is 4.87. The highest BCUT2D eigenvalue weighted by Crippen LogP contribution is 2.37. The first-order chi connectivity index (χ1) is 16.6. The quantitative estimate of drug-likeness (QED) is 0.226. The molecule has 0 bridgehead atoms. The second-order valence-corrected chi connectivity index (χ2v) is 9.23. The average Bonchev–Trinajstić information content (AvgIpc) is 3.27. The fourth-order valence-corrected chi connectivity index (χ4v) is 4.97. The minimum Gasteiger partial charge on any atom is -0.490 e. The number of esters is 1. The van der Waals surface area contributed by atoms with Crippen molar-refractivity contribution in [2.75, 3.05) is 25.1 Å². The van der Waals surface area contributed by atoms with Crippen molar-refractivity contribution in [3.8, 4) is 22.1 Å². The molecule has 4 aromatic rings. The monoisotopic (exact) mass is 540 g/mol. The Morgan fingerprint density at radius 3 is 2.56 bits per heavy atom. The molecular weight excluding hydrogens is 516 g/mol. The molecule has 8 heteroatoms. The molecule has 1 aromatic heterocycles. The van der Waals surface area contributed by atoms with Crippen molar-refractivity contribution in [2.24, 2.45) is 0 Å². The third-order valence-electron chi connectivity index (χ3n) is 4.93. The molecule has 6 nitrogen and oxygen atoms in total. The lowest BCUT2D eigenvalue weighted by atomic mass is 10.1. The molecule has 0 atom stereocenters. The Kier molecular flexibility index (Phi) is 8.03. The van der Waals surface area contributed by atoms with Crippen LogP contribution in [0.4, 0.5) is 5.69 Å². The van der Waals surface area contributed by atoms with Gasteiger partial charge < -0.3 is 19.5 Å². The van der Waals surface area contributed by atoms with Gasteiger partial charge in [0.2, 0.25) is 0 Å². The maximum atomic E-state index is 11.7. The highest BCUT2D eigenvalue weighted by Gasteiger charge is 2.15. The molecule has 0 unspecified atom stereocenters. The smallest absolute Gasteiger partial charge is 0.344 e. The molecule has 1 heterocycles. The number of carbonyl (C=O) groups is 1. The molecule has 0 aliphatic heterocycles. The molecule has 0 aliphatic rings. The minimum absolute atomic E-state index is 0.175. The van der Waals surface area contributed by atoms with Crippen molar-refractivity contribution in [3.05, 3.63) is 70.7 Å². The second-order valence-electron chi connectivity index (χ2n) is 7.35. The van der Waals surface area contributed by atoms with Crippen molar-refractivity contribution in [2.45, 2.75) is 20.4 Å². The van der Waals surface area contributed by atoms with E-state index in [-0.39, 0.29) is 6.61 Å². The summed E-state index contributed by atoms with van der Waals surface area (Å²) in [7, 11) is 0. The lowest BCUT2D eigenvalue weighted by Gasteiger charge is -2.16. The number of rotatable bonds is 10. The lowest BCUT2D eigenvalue weighted by Crippen LogP contribution is -2.15. The third kappa shape index (κ3) is 5.87. The molecule has 3 aromatic carbocycles. The Hall–Kier alpha value is -3.10. The van der Waals surface area contributed by atoms with Crippen molar-refractivity contribution < 1.29 is 19.0 Å². The normalized spacial score (nSPS) is 10.8. The largest absolute Gasteiger partial charge is 0.490 e. The summed E-state index contributed by atoms with van der Waals surface area (Å²) >= 11 is 5.23. The van der Waals surface area contributed by atoms with Gasteiger partial charge in [0.05, 0.1) is 27.9 Å². The van der Waals surface area contributed by atoms with Crippen LogP contribution < -0.4 is 14.8 Å². The number of aromatic nitrogens is 1. The second kappa shape index (κ2) is 11.4. The number of para-hydroxylation sites is 1.